The molecule has 1 N–H and O–H groups in total. The summed E-state index contributed by atoms with van der Waals surface area (Å²) in [5.41, 5.74) is 0. The van der Waals surface area contributed by atoms with Gasteiger partial charge in [0.15, 0.2) is 0 Å². The predicted octanol–water partition coefficient (Wildman–Crippen LogP) is 1.26. The standard InChI is InChI=1S/C11H21NO2/c1-9-3-4-11(14)12(6-5-9)7-10(2)8-13/h9-10,13H,3-8H2,1-2H3/t9-,10-/m1/s1. The van der Waals surface area contributed by atoms with Crippen LogP contribution in [0.5, 0.6) is 0 Å². The van der Waals surface area contributed by atoms with Crippen molar-refractivity contribution in [1.82, 2.24) is 4.90 Å². The predicted molar refractivity (Wildman–Crippen MR) is 55.8 cm³/mol. The van der Waals surface area contributed by atoms with Gasteiger partial charge in [-0.1, -0.05) is 13.8 Å². The first-order chi connectivity index (χ1) is 6.63. The van der Waals surface area contributed by atoms with E-state index in [1.807, 2.05) is 11.8 Å². The van der Waals surface area contributed by atoms with Gasteiger partial charge in [-0.3, -0.25) is 4.79 Å². The molecule has 0 unspecified atom stereocenters. The summed E-state index contributed by atoms with van der Waals surface area (Å²) in [6.07, 6.45) is 2.80. The van der Waals surface area contributed by atoms with E-state index in [-0.39, 0.29) is 18.4 Å². The van der Waals surface area contributed by atoms with E-state index >= 15 is 0 Å². The van der Waals surface area contributed by atoms with Gasteiger partial charge < -0.3 is 10.0 Å². The topological polar surface area (TPSA) is 40.5 Å². The van der Waals surface area contributed by atoms with Crippen LogP contribution in [0.25, 0.3) is 0 Å². The molecule has 0 aromatic carbocycles. The molecular formula is C11H21NO2. The van der Waals surface area contributed by atoms with Gasteiger partial charge in [-0.05, 0) is 24.7 Å². The van der Waals surface area contributed by atoms with Crippen LogP contribution in [0.4, 0.5) is 0 Å². The highest BCUT2D eigenvalue weighted by molar-refractivity contribution is 5.76. The summed E-state index contributed by atoms with van der Waals surface area (Å²) in [4.78, 5) is 13.6. The van der Waals surface area contributed by atoms with Crippen LogP contribution in [-0.2, 0) is 4.79 Å². The lowest BCUT2D eigenvalue weighted by atomic mass is 10.0. The normalized spacial score (nSPS) is 26.1. The minimum Gasteiger partial charge on any atom is -0.396 e. The third kappa shape index (κ3) is 3.29. The number of likely N-dealkylation sites (tertiary alicyclic amines) is 1. The molecule has 2 atom stereocenters. The van der Waals surface area contributed by atoms with Crippen LogP contribution < -0.4 is 0 Å². The Bertz CT molecular complexity index is 194. The molecule has 82 valence electrons. The molecule has 1 rings (SSSR count). The van der Waals surface area contributed by atoms with Crippen molar-refractivity contribution in [2.75, 3.05) is 19.7 Å². The van der Waals surface area contributed by atoms with Gasteiger partial charge in [0.05, 0.1) is 0 Å². The fourth-order valence-corrected chi connectivity index (χ4v) is 1.80. The molecule has 3 heteroatoms. The van der Waals surface area contributed by atoms with Gasteiger partial charge in [0.1, 0.15) is 0 Å². The molecule has 0 aliphatic carbocycles. The van der Waals surface area contributed by atoms with Gasteiger partial charge in [0.2, 0.25) is 5.91 Å². The molecule has 1 aliphatic heterocycles. The molecule has 0 aromatic rings. The molecule has 1 amide bonds. The van der Waals surface area contributed by atoms with E-state index in [2.05, 4.69) is 6.92 Å². The molecule has 1 heterocycles. The van der Waals surface area contributed by atoms with Crippen LogP contribution in [0.15, 0.2) is 0 Å². The summed E-state index contributed by atoms with van der Waals surface area (Å²) in [5.74, 6) is 1.12. The number of hydrogen-bond acceptors (Lipinski definition) is 2. The number of aliphatic hydroxyl groups is 1. The van der Waals surface area contributed by atoms with Crippen molar-refractivity contribution in [3.63, 3.8) is 0 Å². The Hall–Kier alpha value is -0.570. The highest BCUT2D eigenvalue weighted by Gasteiger charge is 2.21. The van der Waals surface area contributed by atoms with Crippen molar-refractivity contribution >= 4 is 5.91 Å². The Morgan fingerprint density at radius 2 is 2.29 bits per heavy atom. The number of carbonyl (C=O) groups is 1. The second-order valence-electron chi connectivity index (χ2n) is 4.56. The highest BCUT2D eigenvalue weighted by Crippen LogP contribution is 2.18. The maximum atomic E-state index is 11.7. The first-order valence-corrected chi connectivity index (χ1v) is 5.52. The highest BCUT2D eigenvalue weighted by atomic mass is 16.3. The van der Waals surface area contributed by atoms with E-state index in [1.165, 1.54) is 0 Å². The van der Waals surface area contributed by atoms with E-state index in [9.17, 15) is 4.79 Å². The van der Waals surface area contributed by atoms with Gasteiger partial charge in [0.25, 0.3) is 0 Å². The van der Waals surface area contributed by atoms with Gasteiger partial charge in [0, 0.05) is 26.1 Å². The zero-order valence-electron chi connectivity index (χ0n) is 9.20. The molecule has 0 saturated carbocycles. The van der Waals surface area contributed by atoms with Gasteiger partial charge in [-0.25, -0.2) is 0 Å². The van der Waals surface area contributed by atoms with E-state index < -0.39 is 0 Å². The second kappa shape index (κ2) is 5.35. The molecule has 0 spiro atoms. The molecule has 1 aliphatic rings. The first-order valence-electron chi connectivity index (χ1n) is 5.52. The zero-order chi connectivity index (χ0) is 10.6. The summed E-state index contributed by atoms with van der Waals surface area (Å²) in [6.45, 7) is 5.92. The first kappa shape index (κ1) is 11.5. The van der Waals surface area contributed by atoms with E-state index in [4.69, 9.17) is 5.11 Å². The maximum Gasteiger partial charge on any atom is 0.222 e. The molecule has 3 nitrogen and oxygen atoms in total. The zero-order valence-corrected chi connectivity index (χ0v) is 9.20. The van der Waals surface area contributed by atoms with E-state index in [1.54, 1.807) is 0 Å². The van der Waals surface area contributed by atoms with Crippen molar-refractivity contribution in [3.8, 4) is 0 Å². The van der Waals surface area contributed by atoms with E-state index in [0.717, 1.165) is 19.4 Å². The molecule has 0 aromatic heterocycles. The van der Waals surface area contributed by atoms with Crippen molar-refractivity contribution in [3.05, 3.63) is 0 Å². The van der Waals surface area contributed by atoms with Crippen molar-refractivity contribution < 1.29 is 9.90 Å². The summed E-state index contributed by atoms with van der Waals surface area (Å²) >= 11 is 0. The van der Waals surface area contributed by atoms with Gasteiger partial charge in [-0.2, -0.15) is 0 Å². The number of amides is 1. The molecule has 0 radical (unpaired) electrons. The van der Waals surface area contributed by atoms with Crippen molar-refractivity contribution in [1.29, 1.82) is 0 Å². The Labute approximate surface area is 86.1 Å². The molecule has 1 saturated heterocycles. The minimum atomic E-state index is 0.166. The third-order valence-electron chi connectivity index (χ3n) is 2.94. The minimum absolute atomic E-state index is 0.166. The second-order valence-corrected chi connectivity index (χ2v) is 4.56. The molecule has 1 fully saturated rings. The molecule has 0 bridgehead atoms. The van der Waals surface area contributed by atoms with Crippen LogP contribution in [0.3, 0.4) is 0 Å². The Morgan fingerprint density at radius 1 is 1.57 bits per heavy atom. The molecule has 14 heavy (non-hydrogen) atoms. The average molecular weight is 199 g/mol. The Balaban J connectivity index is 2.45. The Kier molecular flexibility index (Phi) is 4.39. The lowest BCUT2D eigenvalue weighted by Gasteiger charge is -2.23. The monoisotopic (exact) mass is 199 g/mol. The number of nitrogens with zero attached hydrogens (tertiary/aromatic N) is 1. The smallest absolute Gasteiger partial charge is 0.222 e. The summed E-state index contributed by atoms with van der Waals surface area (Å²) in [6, 6.07) is 0. The largest absolute Gasteiger partial charge is 0.396 e. The van der Waals surface area contributed by atoms with Crippen LogP contribution in [-0.4, -0.2) is 35.6 Å². The third-order valence-corrected chi connectivity index (χ3v) is 2.94. The fourth-order valence-electron chi connectivity index (χ4n) is 1.80. The van der Waals surface area contributed by atoms with Crippen LogP contribution in [0, 0.1) is 11.8 Å². The van der Waals surface area contributed by atoms with Crippen molar-refractivity contribution in [2.24, 2.45) is 11.8 Å². The summed E-state index contributed by atoms with van der Waals surface area (Å²) in [5, 5.41) is 8.94. The van der Waals surface area contributed by atoms with Crippen LogP contribution in [0.1, 0.15) is 33.1 Å². The van der Waals surface area contributed by atoms with E-state index in [0.29, 0.717) is 18.9 Å². The van der Waals surface area contributed by atoms with Gasteiger partial charge >= 0.3 is 0 Å². The van der Waals surface area contributed by atoms with Gasteiger partial charge in [-0.15, -0.1) is 0 Å². The fraction of sp³-hybridized carbons (Fsp3) is 0.909. The summed E-state index contributed by atoms with van der Waals surface area (Å²) < 4.78 is 0. The number of aliphatic hydroxyl groups excluding tert-OH is 1. The number of hydrogen-bond donors (Lipinski definition) is 1. The quantitative estimate of drug-likeness (QED) is 0.743. The lowest BCUT2D eigenvalue weighted by molar-refractivity contribution is -0.131. The average Bonchev–Trinajstić information content (AvgIpc) is 2.33. The number of carbonyl (C=O) groups excluding carboxylic acids is 1. The molecular weight excluding hydrogens is 178 g/mol. The van der Waals surface area contributed by atoms with Crippen LogP contribution in [0.2, 0.25) is 0 Å². The number of rotatable bonds is 3. The van der Waals surface area contributed by atoms with Crippen molar-refractivity contribution in [2.45, 2.75) is 33.1 Å². The summed E-state index contributed by atoms with van der Waals surface area (Å²) in [7, 11) is 0. The van der Waals surface area contributed by atoms with Crippen LogP contribution >= 0.6 is 0 Å². The lowest BCUT2D eigenvalue weighted by Crippen LogP contribution is -2.35. The maximum absolute atomic E-state index is 11.7. The SMILES string of the molecule is C[C@@H]1CCC(=O)N(C[C@@H](C)CO)CC1. The Morgan fingerprint density at radius 3 is 2.93 bits per heavy atom.